The molecule has 1 N–H and O–H groups in total. The molecular weight excluding hydrogens is 471 g/mol. The molecule has 0 fully saturated rings. The molecule has 3 aromatic rings. The fraction of sp³-hybridized carbons (Fsp3) is 0.273. The van der Waals surface area contributed by atoms with E-state index in [9.17, 15) is 28.1 Å². The molecule has 0 radical (unpaired) electrons. The summed E-state index contributed by atoms with van der Waals surface area (Å²) in [7, 11) is 3.46. The second-order valence-corrected chi connectivity index (χ2v) is 7.56. The number of benzene rings is 2. The molecule has 0 bridgehead atoms. The number of amides is 1. The lowest BCUT2D eigenvalue weighted by Gasteiger charge is -2.16. The van der Waals surface area contributed by atoms with Gasteiger partial charge in [-0.3, -0.25) is 14.3 Å². The predicted octanol–water partition coefficient (Wildman–Crippen LogP) is 3.99. The maximum Gasteiger partial charge on any atom is 0.573 e. The van der Waals surface area contributed by atoms with Crippen molar-refractivity contribution in [3.63, 3.8) is 0 Å². The molecule has 1 amide bonds. The van der Waals surface area contributed by atoms with Crippen LogP contribution in [0, 0.1) is 10.1 Å². The third-order valence-electron chi connectivity index (χ3n) is 4.71. The summed E-state index contributed by atoms with van der Waals surface area (Å²) in [4.78, 5) is 28.4. The molecule has 13 heteroatoms. The standard InChI is InChI=1S/C22H22F3N5O5/c1-28(10-11-34-21-27-19(30(32)33)14-29(21)2)13-15-6-8-16(9-7-15)20(31)26-17-4-3-5-18(12-17)35-22(23,24)25/h3-9,12,14H,10-11,13H2,1-2H3,(H,26,31). The number of ether oxygens (including phenoxy) is 2. The van der Waals surface area contributed by atoms with E-state index in [1.165, 1.54) is 22.9 Å². The molecular formula is C22H22F3N5O5. The van der Waals surface area contributed by atoms with Crippen LogP contribution in [-0.2, 0) is 13.6 Å². The number of alkyl halides is 3. The Balaban J connectivity index is 1.49. The van der Waals surface area contributed by atoms with Crippen LogP contribution in [0.25, 0.3) is 0 Å². The molecule has 2 aromatic carbocycles. The first-order valence-corrected chi connectivity index (χ1v) is 10.3. The van der Waals surface area contributed by atoms with E-state index in [4.69, 9.17) is 4.74 Å². The van der Waals surface area contributed by atoms with Gasteiger partial charge in [0.1, 0.15) is 18.6 Å². The number of carbonyl (C=O) groups is 1. The average molecular weight is 493 g/mol. The van der Waals surface area contributed by atoms with E-state index in [1.54, 1.807) is 31.3 Å². The molecule has 35 heavy (non-hydrogen) atoms. The van der Waals surface area contributed by atoms with Crippen molar-refractivity contribution in [3.05, 3.63) is 76.0 Å². The lowest BCUT2D eigenvalue weighted by atomic mass is 10.1. The van der Waals surface area contributed by atoms with Crippen LogP contribution < -0.4 is 14.8 Å². The van der Waals surface area contributed by atoms with E-state index in [0.717, 1.165) is 17.7 Å². The molecule has 10 nitrogen and oxygen atoms in total. The Kier molecular flexibility index (Phi) is 7.91. The van der Waals surface area contributed by atoms with Crippen molar-refractivity contribution in [2.75, 3.05) is 25.5 Å². The second kappa shape index (κ2) is 10.9. The number of aryl methyl sites for hydroxylation is 1. The Morgan fingerprint density at radius 1 is 1.23 bits per heavy atom. The zero-order valence-electron chi connectivity index (χ0n) is 18.8. The highest BCUT2D eigenvalue weighted by Gasteiger charge is 2.31. The van der Waals surface area contributed by atoms with E-state index in [-0.39, 0.29) is 24.1 Å². The van der Waals surface area contributed by atoms with Crippen LogP contribution in [0.15, 0.2) is 54.7 Å². The van der Waals surface area contributed by atoms with Gasteiger partial charge >= 0.3 is 18.2 Å². The van der Waals surface area contributed by atoms with Crippen LogP contribution in [0.1, 0.15) is 15.9 Å². The molecule has 0 atom stereocenters. The van der Waals surface area contributed by atoms with E-state index in [0.29, 0.717) is 18.7 Å². The third-order valence-corrected chi connectivity index (χ3v) is 4.71. The number of anilines is 1. The lowest BCUT2D eigenvalue weighted by molar-refractivity contribution is -0.389. The third kappa shape index (κ3) is 7.71. The molecule has 0 unspecified atom stereocenters. The number of hydrogen-bond acceptors (Lipinski definition) is 7. The number of nitrogens with one attached hydrogen (secondary N) is 1. The molecule has 0 spiro atoms. The van der Waals surface area contributed by atoms with E-state index in [2.05, 4.69) is 15.0 Å². The predicted molar refractivity (Wildman–Crippen MR) is 119 cm³/mol. The summed E-state index contributed by atoms with van der Waals surface area (Å²) < 4.78 is 47.9. The van der Waals surface area contributed by atoms with Crippen LogP contribution in [-0.4, -0.2) is 51.8 Å². The number of likely N-dealkylation sites (N-methyl/N-ethyl adjacent to an activating group) is 1. The van der Waals surface area contributed by atoms with Gasteiger partial charge in [-0.15, -0.1) is 13.2 Å². The molecule has 0 aliphatic carbocycles. The Morgan fingerprint density at radius 3 is 2.57 bits per heavy atom. The fourth-order valence-electron chi connectivity index (χ4n) is 3.08. The Labute approximate surface area is 198 Å². The van der Waals surface area contributed by atoms with Gasteiger partial charge in [-0.1, -0.05) is 18.2 Å². The number of nitrogens with zero attached hydrogens (tertiary/aromatic N) is 4. The fourth-order valence-corrected chi connectivity index (χ4v) is 3.08. The van der Waals surface area contributed by atoms with Crippen LogP contribution in [0.5, 0.6) is 11.8 Å². The highest BCUT2D eigenvalue weighted by Crippen LogP contribution is 2.25. The molecule has 0 aliphatic heterocycles. The molecule has 0 saturated carbocycles. The molecule has 186 valence electrons. The topological polar surface area (TPSA) is 112 Å². The quantitative estimate of drug-likeness (QED) is 0.336. The molecule has 3 rings (SSSR count). The van der Waals surface area contributed by atoms with Gasteiger partial charge in [0.2, 0.25) is 0 Å². The first-order chi connectivity index (χ1) is 16.5. The zero-order valence-corrected chi connectivity index (χ0v) is 18.8. The van der Waals surface area contributed by atoms with Crippen LogP contribution >= 0.6 is 0 Å². The monoisotopic (exact) mass is 493 g/mol. The smallest absolute Gasteiger partial charge is 0.444 e. The van der Waals surface area contributed by atoms with Crippen molar-refractivity contribution in [2.45, 2.75) is 12.9 Å². The van der Waals surface area contributed by atoms with Crippen molar-refractivity contribution in [1.82, 2.24) is 14.5 Å². The first kappa shape index (κ1) is 25.5. The number of aromatic nitrogens is 2. The molecule has 0 saturated heterocycles. The highest BCUT2D eigenvalue weighted by molar-refractivity contribution is 6.04. The van der Waals surface area contributed by atoms with Gasteiger partial charge in [-0.2, -0.15) is 0 Å². The second-order valence-electron chi connectivity index (χ2n) is 7.56. The van der Waals surface area contributed by atoms with Gasteiger partial charge in [0.25, 0.3) is 5.91 Å². The molecule has 1 aromatic heterocycles. The largest absolute Gasteiger partial charge is 0.573 e. The van der Waals surface area contributed by atoms with E-state index >= 15 is 0 Å². The van der Waals surface area contributed by atoms with Crippen molar-refractivity contribution in [2.24, 2.45) is 7.05 Å². The zero-order chi connectivity index (χ0) is 25.6. The number of rotatable bonds is 10. The number of halogens is 3. The summed E-state index contributed by atoms with van der Waals surface area (Å²) in [5.41, 5.74) is 1.41. The number of nitro groups is 1. The highest BCUT2D eigenvalue weighted by atomic mass is 19.4. The summed E-state index contributed by atoms with van der Waals surface area (Å²) in [5, 5.41) is 13.3. The van der Waals surface area contributed by atoms with E-state index in [1.807, 2.05) is 11.9 Å². The Hall–Kier alpha value is -4.13. The van der Waals surface area contributed by atoms with Crippen molar-refractivity contribution < 1.29 is 32.4 Å². The maximum atomic E-state index is 12.4. The van der Waals surface area contributed by atoms with Gasteiger partial charge in [0.15, 0.2) is 0 Å². The van der Waals surface area contributed by atoms with Crippen molar-refractivity contribution in [3.8, 4) is 11.8 Å². The van der Waals surface area contributed by atoms with Crippen LogP contribution in [0.4, 0.5) is 24.7 Å². The molecule has 1 heterocycles. The van der Waals surface area contributed by atoms with Gasteiger partial charge < -0.3 is 24.9 Å². The molecule has 0 aliphatic rings. The summed E-state index contributed by atoms with van der Waals surface area (Å²) in [6.45, 7) is 1.32. The minimum atomic E-state index is -4.82. The normalized spacial score (nSPS) is 11.4. The summed E-state index contributed by atoms with van der Waals surface area (Å²) >= 11 is 0. The van der Waals surface area contributed by atoms with Crippen molar-refractivity contribution in [1.29, 1.82) is 0 Å². The summed E-state index contributed by atoms with van der Waals surface area (Å²) in [5.74, 6) is -1.20. The number of carbonyl (C=O) groups excluding carboxylic acids is 1. The summed E-state index contributed by atoms with van der Waals surface area (Å²) in [6.07, 6.45) is -3.56. The maximum absolute atomic E-state index is 12.4. The van der Waals surface area contributed by atoms with Gasteiger partial charge in [-0.05, 0) is 41.8 Å². The SMILES string of the molecule is CN(CCOc1nc([N+](=O)[O-])cn1C)Cc1ccc(C(=O)Nc2cccc(OC(F)(F)F)c2)cc1. The Morgan fingerprint density at radius 2 is 1.94 bits per heavy atom. The van der Waals surface area contributed by atoms with Crippen LogP contribution in [0.2, 0.25) is 0 Å². The first-order valence-electron chi connectivity index (χ1n) is 10.3. The number of imidazole rings is 1. The van der Waals surface area contributed by atoms with Gasteiger partial charge in [0.05, 0.1) is 0 Å². The minimum absolute atomic E-state index is 0.149. The summed E-state index contributed by atoms with van der Waals surface area (Å²) in [6, 6.07) is 11.9. The Bertz CT molecular complexity index is 1180. The van der Waals surface area contributed by atoms with Crippen molar-refractivity contribution >= 4 is 17.4 Å². The van der Waals surface area contributed by atoms with Crippen LogP contribution in [0.3, 0.4) is 0 Å². The van der Waals surface area contributed by atoms with Gasteiger partial charge in [0, 0.05) is 42.4 Å². The number of hydrogen-bond donors (Lipinski definition) is 1. The average Bonchev–Trinajstić information content (AvgIpc) is 3.14. The van der Waals surface area contributed by atoms with Gasteiger partial charge in [-0.25, -0.2) is 0 Å². The van der Waals surface area contributed by atoms with E-state index < -0.39 is 22.9 Å². The lowest BCUT2D eigenvalue weighted by Crippen LogP contribution is -2.24. The minimum Gasteiger partial charge on any atom is -0.444 e.